The number of anilines is 1. The lowest BCUT2D eigenvalue weighted by atomic mass is 10.0. The summed E-state index contributed by atoms with van der Waals surface area (Å²) in [5, 5.41) is 0. The zero-order valence-electron chi connectivity index (χ0n) is 18.8. The van der Waals surface area contributed by atoms with E-state index in [9.17, 15) is 9.59 Å². The molecule has 0 bridgehead atoms. The molecule has 3 heterocycles. The van der Waals surface area contributed by atoms with Gasteiger partial charge in [-0.3, -0.25) is 9.69 Å². The third-order valence-corrected chi connectivity index (χ3v) is 5.90. The smallest absolute Gasteiger partial charge is 0.410 e. The molecule has 0 saturated carbocycles. The van der Waals surface area contributed by atoms with Gasteiger partial charge in [-0.15, -0.1) is 0 Å². The van der Waals surface area contributed by atoms with Crippen molar-refractivity contribution in [1.29, 1.82) is 0 Å². The summed E-state index contributed by atoms with van der Waals surface area (Å²) in [6.45, 7) is 9.00. The normalized spacial score (nSPS) is 20.6. The summed E-state index contributed by atoms with van der Waals surface area (Å²) in [6, 6.07) is 7.57. The Morgan fingerprint density at radius 1 is 1.03 bits per heavy atom. The highest BCUT2D eigenvalue weighted by atomic mass is 16.6. The number of aromatic nitrogens is 2. The molecule has 4 rings (SSSR count). The van der Waals surface area contributed by atoms with Gasteiger partial charge in [0.2, 0.25) is 11.9 Å². The van der Waals surface area contributed by atoms with Gasteiger partial charge >= 0.3 is 6.09 Å². The Bertz CT molecular complexity index is 902. The molecule has 8 heteroatoms. The molecule has 1 aromatic carbocycles. The van der Waals surface area contributed by atoms with Crippen LogP contribution in [0.25, 0.3) is 11.0 Å². The fourth-order valence-corrected chi connectivity index (χ4v) is 4.38. The molecule has 2 saturated heterocycles. The first kappa shape index (κ1) is 21.5. The van der Waals surface area contributed by atoms with Crippen molar-refractivity contribution in [3.05, 3.63) is 24.3 Å². The minimum atomic E-state index is -0.572. The molecule has 0 radical (unpaired) electrons. The molecule has 2 aromatic rings. The molecule has 1 unspecified atom stereocenters. The number of rotatable bonds is 2. The van der Waals surface area contributed by atoms with Crippen LogP contribution in [0.3, 0.4) is 0 Å². The fourth-order valence-electron chi connectivity index (χ4n) is 4.38. The SMILES string of the molecule is CC(C)(C)OC(=O)N1CCCCC1C(=O)N1CCCN(c2nc3ccccc3[nH]2)CC1. The molecule has 2 aliphatic rings. The van der Waals surface area contributed by atoms with Gasteiger partial charge in [0, 0.05) is 32.7 Å². The van der Waals surface area contributed by atoms with Crippen LogP contribution >= 0.6 is 0 Å². The lowest BCUT2D eigenvalue weighted by molar-refractivity contribution is -0.137. The number of benzene rings is 1. The number of H-pyrrole nitrogens is 1. The number of amides is 2. The number of carbonyl (C=O) groups excluding carboxylic acids is 2. The summed E-state index contributed by atoms with van der Waals surface area (Å²) in [5.74, 6) is 0.889. The topological polar surface area (TPSA) is 81.8 Å². The Morgan fingerprint density at radius 3 is 2.61 bits per heavy atom. The minimum Gasteiger partial charge on any atom is -0.444 e. The highest BCUT2D eigenvalue weighted by Crippen LogP contribution is 2.24. The number of imidazole rings is 1. The van der Waals surface area contributed by atoms with E-state index in [0.717, 1.165) is 42.8 Å². The number of nitrogens with one attached hydrogen (secondary N) is 1. The Kier molecular flexibility index (Phi) is 6.07. The molecule has 1 aromatic heterocycles. The van der Waals surface area contributed by atoms with E-state index < -0.39 is 11.6 Å². The van der Waals surface area contributed by atoms with Crippen molar-refractivity contribution in [3.63, 3.8) is 0 Å². The number of likely N-dealkylation sites (tertiary alicyclic amines) is 1. The average Bonchev–Trinajstić information content (AvgIpc) is 3.01. The van der Waals surface area contributed by atoms with Crippen LogP contribution < -0.4 is 4.90 Å². The molecule has 8 nitrogen and oxygen atoms in total. The number of ether oxygens (including phenoxy) is 1. The summed E-state index contributed by atoms with van der Waals surface area (Å²) in [7, 11) is 0. The zero-order valence-corrected chi connectivity index (χ0v) is 18.8. The van der Waals surface area contributed by atoms with Gasteiger partial charge < -0.3 is 19.5 Å². The van der Waals surface area contributed by atoms with Crippen molar-refractivity contribution in [2.75, 3.05) is 37.6 Å². The molecule has 1 N–H and O–H groups in total. The molecular formula is C23H33N5O3. The van der Waals surface area contributed by atoms with Gasteiger partial charge in [-0.05, 0) is 58.6 Å². The summed E-state index contributed by atoms with van der Waals surface area (Å²) < 4.78 is 5.57. The molecule has 168 valence electrons. The van der Waals surface area contributed by atoms with Crippen LogP contribution in [0.15, 0.2) is 24.3 Å². The number of hydrogen-bond donors (Lipinski definition) is 1. The number of para-hydroxylation sites is 2. The van der Waals surface area contributed by atoms with E-state index in [4.69, 9.17) is 9.72 Å². The Hall–Kier alpha value is -2.77. The van der Waals surface area contributed by atoms with Gasteiger partial charge in [-0.2, -0.15) is 0 Å². The number of fused-ring (bicyclic) bond motifs is 1. The van der Waals surface area contributed by atoms with Gasteiger partial charge in [0.25, 0.3) is 0 Å². The van der Waals surface area contributed by atoms with Crippen LogP contribution in [-0.2, 0) is 9.53 Å². The monoisotopic (exact) mass is 427 g/mol. The molecule has 2 fully saturated rings. The van der Waals surface area contributed by atoms with Crippen LogP contribution in [0, 0.1) is 0 Å². The van der Waals surface area contributed by atoms with Crippen molar-refractivity contribution in [3.8, 4) is 0 Å². The maximum Gasteiger partial charge on any atom is 0.410 e. The van der Waals surface area contributed by atoms with Crippen molar-refractivity contribution in [2.24, 2.45) is 0 Å². The maximum atomic E-state index is 13.4. The van der Waals surface area contributed by atoms with Crippen LogP contribution in [0.1, 0.15) is 46.5 Å². The van der Waals surface area contributed by atoms with E-state index in [0.29, 0.717) is 32.6 Å². The van der Waals surface area contributed by atoms with Gasteiger partial charge in [-0.25, -0.2) is 9.78 Å². The van der Waals surface area contributed by atoms with E-state index in [1.165, 1.54) is 0 Å². The van der Waals surface area contributed by atoms with Gasteiger partial charge in [0.15, 0.2) is 0 Å². The zero-order chi connectivity index (χ0) is 22.0. The van der Waals surface area contributed by atoms with Crippen LogP contribution in [0.5, 0.6) is 0 Å². The van der Waals surface area contributed by atoms with E-state index >= 15 is 0 Å². The second-order valence-electron chi connectivity index (χ2n) is 9.43. The summed E-state index contributed by atoms with van der Waals surface area (Å²) >= 11 is 0. The lowest BCUT2D eigenvalue weighted by Crippen LogP contribution is -2.54. The van der Waals surface area contributed by atoms with Crippen molar-refractivity contribution >= 4 is 29.0 Å². The van der Waals surface area contributed by atoms with E-state index in [1.807, 2.05) is 49.9 Å². The quantitative estimate of drug-likeness (QED) is 0.794. The molecule has 0 spiro atoms. The molecular weight excluding hydrogens is 394 g/mol. The largest absolute Gasteiger partial charge is 0.444 e. The number of nitrogens with zero attached hydrogens (tertiary/aromatic N) is 4. The second-order valence-corrected chi connectivity index (χ2v) is 9.43. The second kappa shape index (κ2) is 8.77. The van der Waals surface area contributed by atoms with E-state index in [-0.39, 0.29) is 12.0 Å². The van der Waals surface area contributed by atoms with Gasteiger partial charge in [-0.1, -0.05) is 12.1 Å². The standard InChI is InChI=1S/C23H33N5O3/c1-23(2,3)31-22(30)28-14-7-6-11-19(28)20(29)26-12-8-13-27(16-15-26)21-24-17-9-4-5-10-18(17)25-21/h4-5,9-10,19H,6-8,11-16H2,1-3H3,(H,24,25). The number of carbonyl (C=O) groups is 2. The van der Waals surface area contributed by atoms with Crippen molar-refractivity contribution in [2.45, 2.75) is 58.1 Å². The predicted octanol–water partition coefficient (Wildman–Crippen LogP) is 3.39. The predicted molar refractivity (Wildman–Crippen MR) is 120 cm³/mol. The molecule has 2 amide bonds. The van der Waals surface area contributed by atoms with Gasteiger partial charge in [0.05, 0.1) is 11.0 Å². The Balaban J connectivity index is 1.42. The number of piperidine rings is 1. The number of aromatic amines is 1. The van der Waals surface area contributed by atoms with Crippen molar-refractivity contribution in [1.82, 2.24) is 19.8 Å². The third-order valence-electron chi connectivity index (χ3n) is 5.90. The lowest BCUT2D eigenvalue weighted by Gasteiger charge is -2.38. The van der Waals surface area contributed by atoms with E-state index in [1.54, 1.807) is 4.90 Å². The summed E-state index contributed by atoms with van der Waals surface area (Å²) in [4.78, 5) is 40.0. The Morgan fingerprint density at radius 2 is 1.84 bits per heavy atom. The third kappa shape index (κ3) is 4.94. The molecule has 1 atom stereocenters. The van der Waals surface area contributed by atoms with E-state index in [2.05, 4.69) is 9.88 Å². The summed E-state index contributed by atoms with van der Waals surface area (Å²) in [5.41, 5.74) is 1.40. The highest BCUT2D eigenvalue weighted by molar-refractivity contribution is 5.86. The Labute approximate surface area is 183 Å². The summed E-state index contributed by atoms with van der Waals surface area (Å²) in [6.07, 6.45) is 3.03. The molecule has 31 heavy (non-hydrogen) atoms. The first-order valence-electron chi connectivity index (χ1n) is 11.3. The maximum absolute atomic E-state index is 13.4. The molecule has 2 aliphatic heterocycles. The first-order valence-corrected chi connectivity index (χ1v) is 11.3. The minimum absolute atomic E-state index is 0.0389. The van der Waals surface area contributed by atoms with Crippen LogP contribution in [0.4, 0.5) is 10.7 Å². The highest BCUT2D eigenvalue weighted by Gasteiger charge is 2.37. The van der Waals surface area contributed by atoms with Crippen LogP contribution in [-0.4, -0.2) is 76.1 Å². The van der Waals surface area contributed by atoms with Gasteiger partial charge in [0.1, 0.15) is 11.6 Å². The van der Waals surface area contributed by atoms with Crippen LogP contribution in [0.2, 0.25) is 0 Å². The van der Waals surface area contributed by atoms with Crippen molar-refractivity contribution < 1.29 is 14.3 Å². The fraction of sp³-hybridized carbons (Fsp3) is 0.609. The number of hydrogen-bond acceptors (Lipinski definition) is 5. The first-order chi connectivity index (χ1) is 14.8. The average molecular weight is 428 g/mol. The molecule has 0 aliphatic carbocycles.